The average Bonchev–Trinajstić information content (AvgIpc) is 3.30. The van der Waals surface area contributed by atoms with E-state index in [1.807, 2.05) is 17.7 Å². The number of hydrogen-bond acceptors (Lipinski definition) is 7. The van der Waals surface area contributed by atoms with E-state index in [2.05, 4.69) is 20.8 Å². The highest BCUT2D eigenvalue weighted by Gasteiger charge is 2.23. The molecule has 2 N–H and O–H groups in total. The highest BCUT2D eigenvalue weighted by atomic mass is 32.2. The fraction of sp³-hybridized carbons (Fsp3) is 0.360. The number of aromatic nitrogens is 3. The Balaban J connectivity index is 1.71. The van der Waals surface area contributed by atoms with Crippen molar-refractivity contribution in [2.24, 2.45) is 0 Å². The predicted octanol–water partition coefficient (Wildman–Crippen LogP) is 4.71. The van der Waals surface area contributed by atoms with Crippen LogP contribution >= 0.6 is 23.5 Å². The molecule has 2 amide bonds. The summed E-state index contributed by atoms with van der Waals surface area (Å²) in [6, 6.07) is 10.8. The lowest BCUT2D eigenvalue weighted by Crippen LogP contribution is -2.31. The van der Waals surface area contributed by atoms with Crippen LogP contribution in [0.2, 0.25) is 0 Å². The SMILES string of the molecule is CCn1c(SCC(=O)Nc2cc(F)ccc2C)nnc1[C@@H](CCSC)NC(=O)c1ccc(OC)cc1. The van der Waals surface area contributed by atoms with Crippen molar-refractivity contribution in [1.82, 2.24) is 20.1 Å². The minimum absolute atomic E-state index is 0.0851. The van der Waals surface area contributed by atoms with Gasteiger partial charge < -0.3 is 19.9 Å². The number of aryl methyl sites for hydroxylation is 1. The van der Waals surface area contributed by atoms with Gasteiger partial charge in [0.1, 0.15) is 11.6 Å². The van der Waals surface area contributed by atoms with Gasteiger partial charge in [-0.25, -0.2) is 4.39 Å². The van der Waals surface area contributed by atoms with Crippen LogP contribution in [0.4, 0.5) is 10.1 Å². The maximum atomic E-state index is 13.5. The van der Waals surface area contributed by atoms with Gasteiger partial charge in [-0.15, -0.1) is 10.2 Å². The zero-order valence-electron chi connectivity index (χ0n) is 20.7. The van der Waals surface area contributed by atoms with E-state index in [0.717, 1.165) is 11.3 Å². The van der Waals surface area contributed by atoms with Crippen LogP contribution in [0.15, 0.2) is 47.6 Å². The maximum Gasteiger partial charge on any atom is 0.251 e. The van der Waals surface area contributed by atoms with Crippen molar-refractivity contribution < 1.29 is 18.7 Å². The monoisotopic (exact) mass is 531 g/mol. The molecule has 0 radical (unpaired) electrons. The van der Waals surface area contributed by atoms with Gasteiger partial charge in [-0.1, -0.05) is 17.8 Å². The van der Waals surface area contributed by atoms with Crippen LogP contribution in [-0.2, 0) is 11.3 Å². The fourth-order valence-corrected chi connectivity index (χ4v) is 4.77. The molecule has 1 aromatic heterocycles. The molecule has 1 heterocycles. The van der Waals surface area contributed by atoms with Crippen LogP contribution in [0.1, 0.15) is 41.1 Å². The van der Waals surface area contributed by atoms with Crippen LogP contribution in [0, 0.1) is 12.7 Å². The van der Waals surface area contributed by atoms with Crippen molar-refractivity contribution in [1.29, 1.82) is 0 Å². The quantitative estimate of drug-likeness (QED) is 0.327. The van der Waals surface area contributed by atoms with Crippen LogP contribution in [0.25, 0.3) is 0 Å². The second kappa shape index (κ2) is 13.3. The van der Waals surface area contributed by atoms with Gasteiger partial charge in [-0.2, -0.15) is 11.8 Å². The molecule has 11 heteroatoms. The highest BCUT2D eigenvalue weighted by molar-refractivity contribution is 7.99. The first-order valence-electron chi connectivity index (χ1n) is 11.4. The molecule has 192 valence electrons. The van der Waals surface area contributed by atoms with E-state index < -0.39 is 5.82 Å². The second-order valence-corrected chi connectivity index (χ2v) is 9.85. The summed E-state index contributed by atoms with van der Waals surface area (Å²) in [7, 11) is 1.58. The summed E-state index contributed by atoms with van der Waals surface area (Å²) in [5.41, 5.74) is 1.74. The van der Waals surface area contributed by atoms with Crippen molar-refractivity contribution in [2.45, 2.75) is 38.0 Å². The lowest BCUT2D eigenvalue weighted by molar-refractivity contribution is -0.113. The van der Waals surface area contributed by atoms with E-state index in [1.165, 1.54) is 23.9 Å². The summed E-state index contributed by atoms with van der Waals surface area (Å²) in [6.45, 7) is 4.34. The van der Waals surface area contributed by atoms with Gasteiger partial charge >= 0.3 is 0 Å². The first-order chi connectivity index (χ1) is 17.4. The van der Waals surface area contributed by atoms with Crippen LogP contribution in [0.3, 0.4) is 0 Å². The van der Waals surface area contributed by atoms with Crippen LogP contribution in [-0.4, -0.2) is 51.5 Å². The molecule has 2 aromatic carbocycles. The Labute approximate surface area is 218 Å². The molecule has 3 rings (SSSR count). The summed E-state index contributed by atoms with van der Waals surface area (Å²) < 4.78 is 20.6. The zero-order valence-corrected chi connectivity index (χ0v) is 22.3. The Kier molecular flexibility index (Phi) is 10.2. The molecular formula is C25H30FN5O3S2. The normalized spacial score (nSPS) is 11.7. The molecule has 0 fully saturated rings. The van der Waals surface area contributed by atoms with Gasteiger partial charge in [0.2, 0.25) is 5.91 Å². The molecule has 8 nitrogen and oxygen atoms in total. The summed E-state index contributed by atoms with van der Waals surface area (Å²) >= 11 is 2.92. The van der Waals surface area contributed by atoms with Gasteiger partial charge in [-0.3, -0.25) is 9.59 Å². The molecule has 0 saturated carbocycles. The van der Waals surface area contributed by atoms with Crippen molar-refractivity contribution in [2.75, 3.05) is 30.2 Å². The summed E-state index contributed by atoms with van der Waals surface area (Å²) in [4.78, 5) is 25.4. The molecule has 0 saturated heterocycles. The number of nitrogens with zero attached hydrogens (tertiary/aromatic N) is 3. The van der Waals surface area contributed by atoms with E-state index in [1.54, 1.807) is 56.1 Å². The number of halogens is 1. The lowest BCUT2D eigenvalue weighted by atomic mass is 10.1. The summed E-state index contributed by atoms with van der Waals surface area (Å²) in [5.74, 6) is 1.32. The fourth-order valence-electron chi connectivity index (χ4n) is 3.49. The number of hydrogen-bond donors (Lipinski definition) is 2. The lowest BCUT2D eigenvalue weighted by Gasteiger charge is -2.19. The Morgan fingerprint density at radius 3 is 2.58 bits per heavy atom. The molecule has 0 aliphatic carbocycles. The Morgan fingerprint density at radius 1 is 1.17 bits per heavy atom. The van der Waals surface area contributed by atoms with E-state index in [9.17, 15) is 14.0 Å². The summed E-state index contributed by atoms with van der Waals surface area (Å²) in [6.07, 6.45) is 2.68. The third kappa shape index (κ3) is 7.23. The molecule has 0 aliphatic heterocycles. The third-order valence-electron chi connectivity index (χ3n) is 5.45. The van der Waals surface area contributed by atoms with Gasteiger partial charge in [0.05, 0.1) is 18.9 Å². The Morgan fingerprint density at radius 2 is 1.92 bits per heavy atom. The molecule has 36 heavy (non-hydrogen) atoms. The molecular weight excluding hydrogens is 501 g/mol. The topological polar surface area (TPSA) is 98.1 Å². The zero-order chi connectivity index (χ0) is 26.1. The second-order valence-electron chi connectivity index (χ2n) is 7.92. The standard InChI is InChI=1S/C25H30FN5O3S2/c1-5-31-23(20(12-13-35-4)28-24(33)17-7-10-19(34-3)11-8-17)29-30-25(31)36-15-22(32)27-21-14-18(26)9-6-16(21)2/h6-11,14,20H,5,12-13,15H2,1-4H3,(H,27,32)(H,28,33)/t20-/m1/s1. The maximum absolute atomic E-state index is 13.5. The number of amides is 2. The minimum Gasteiger partial charge on any atom is -0.497 e. The van der Waals surface area contributed by atoms with Crippen molar-refractivity contribution in [3.63, 3.8) is 0 Å². The first-order valence-corrected chi connectivity index (χ1v) is 13.8. The number of methoxy groups -OCH3 is 1. The molecule has 0 unspecified atom stereocenters. The molecule has 0 spiro atoms. The first kappa shape index (κ1) is 27.5. The largest absolute Gasteiger partial charge is 0.497 e. The Hall–Kier alpha value is -3.05. The summed E-state index contributed by atoms with van der Waals surface area (Å²) in [5, 5.41) is 15.1. The van der Waals surface area contributed by atoms with E-state index in [4.69, 9.17) is 4.74 Å². The van der Waals surface area contributed by atoms with E-state index in [0.29, 0.717) is 40.9 Å². The number of anilines is 1. The van der Waals surface area contributed by atoms with Crippen molar-refractivity contribution in [3.8, 4) is 5.75 Å². The molecule has 0 aliphatic rings. The van der Waals surface area contributed by atoms with Gasteiger partial charge in [0.15, 0.2) is 11.0 Å². The number of nitrogens with one attached hydrogen (secondary N) is 2. The van der Waals surface area contributed by atoms with E-state index >= 15 is 0 Å². The smallest absolute Gasteiger partial charge is 0.251 e. The van der Waals surface area contributed by atoms with Crippen molar-refractivity contribution in [3.05, 3.63) is 65.2 Å². The predicted molar refractivity (Wildman–Crippen MR) is 142 cm³/mol. The minimum atomic E-state index is -0.410. The number of ether oxygens (including phenoxy) is 1. The van der Waals surface area contributed by atoms with Gasteiger partial charge in [0.25, 0.3) is 5.91 Å². The average molecular weight is 532 g/mol. The number of rotatable bonds is 12. The van der Waals surface area contributed by atoms with Crippen molar-refractivity contribution >= 4 is 41.0 Å². The molecule has 3 aromatic rings. The van der Waals surface area contributed by atoms with Gasteiger partial charge in [0, 0.05) is 17.8 Å². The number of carbonyl (C=O) groups excluding carboxylic acids is 2. The molecule has 0 bridgehead atoms. The van der Waals surface area contributed by atoms with Crippen LogP contribution < -0.4 is 15.4 Å². The number of thioether (sulfide) groups is 2. The van der Waals surface area contributed by atoms with Gasteiger partial charge in [-0.05, 0) is 74.2 Å². The van der Waals surface area contributed by atoms with E-state index in [-0.39, 0.29) is 23.6 Å². The number of benzene rings is 2. The molecule has 1 atom stereocenters. The van der Waals surface area contributed by atoms with Crippen LogP contribution in [0.5, 0.6) is 5.75 Å². The number of carbonyl (C=O) groups is 2. The third-order valence-corrected chi connectivity index (χ3v) is 7.06. The highest BCUT2D eigenvalue weighted by Crippen LogP contribution is 2.25. The Bertz CT molecular complexity index is 1190.